The number of hydrogen-bond acceptors (Lipinski definition) is 4. The number of fused-ring (bicyclic) bond motifs is 1. The first kappa shape index (κ1) is 17.5. The normalized spacial score (nSPS) is 16.9. The Morgan fingerprint density at radius 3 is 3.00 bits per heavy atom. The number of carbonyl (C=O) groups excluding carboxylic acids is 2. The van der Waals surface area contributed by atoms with Crippen LogP contribution < -0.4 is 10.2 Å². The maximum atomic E-state index is 12.5. The molecule has 1 fully saturated rings. The standard InChI is InChI=1S/C20H18ClN3O3/c1-12-23-17-9-16(5-6-18(17)27-12)24-11-14(8-19(24)25)20(26)22-10-13-3-2-4-15(21)7-13/h2-7,9,14H,8,10-11H2,1H3,(H,22,26)/t14-/m1/s1. The van der Waals surface area contributed by atoms with Gasteiger partial charge in [-0.1, -0.05) is 23.7 Å². The zero-order valence-electron chi connectivity index (χ0n) is 14.7. The predicted octanol–water partition coefficient (Wildman–Crippen LogP) is 3.46. The summed E-state index contributed by atoms with van der Waals surface area (Å²) in [7, 11) is 0. The number of nitrogens with zero attached hydrogens (tertiary/aromatic N) is 2. The van der Waals surface area contributed by atoms with Crippen LogP contribution in [0.2, 0.25) is 5.02 Å². The van der Waals surface area contributed by atoms with E-state index >= 15 is 0 Å². The van der Waals surface area contributed by atoms with E-state index < -0.39 is 0 Å². The van der Waals surface area contributed by atoms with E-state index in [-0.39, 0.29) is 24.2 Å². The third-order valence-corrected chi connectivity index (χ3v) is 4.88. The highest BCUT2D eigenvalue weighted by molar-refractivity contribution is 6.30. The van der Waals surface area contributed by atoms with Gasteiger partial charge in [-0.05, 0) is 35.9 Å². The van der Waals surface area contributed by atoms with Crippen molar-refractivity contribution in [2.75, 3.05) is 11.4 Å². The number of benzene rings is 2. The van der Waals surface area contributed by atoms with Crippen molar-refractivity contribution in [1.29, 1.82) is 0 Å². The molecule has 1 N–H and O–H groups in total. The van der Waals surface area contributed by atoms with Crippen molar-refractivity contribution in [3.05, 3.63) is 58.9 Å². The molecule has 0 aliphatic carbocycles. The van der Waals surface area contributed by atoms with E-state index in [9.17, 15) is 9.59 Å². The molecule has 0 unspecified atom stereocenters. The molecule has 1 atom stereocenters. The Bertz CT molecular complexity index is 1030. The van der Waals surface area contributed by atoms with Crippen LogP contribution >= 0.6 is 11.6 Å². The van der Waals surface area contributed by atoms with Gasteiger partial charge in [0.15, 0.2) is 11.5 Å². The minimum atomic E-state index is -0.383. The first-order valence-electron chi connectivity index (χ1n) is 8.69. The van der Waals surface area contributed by atoms with Crippen LogP contribution in [0.15, 0.2) is 46.9 Å². The van der Waals surface area contributed by atoms with Crippen LogP contribution in [0.1, 0.15) is 17.9 Å². The number of halogens is 1. The summed E-state index contributed by atoms with van der Waals surface area (Å²) >= 11 is 5.96. The molecule has 1 aromatic heterocycles. The Hall–Kier alpha value is -2.86. The lowest BCUT2D eigenvalue weighted by molar-refractivity contribution is -0.126. The molecule has 0 bridgehead atoms. The number of aromatic nitrogens is 1. The highest BCUT2D eigenvalue weighted by Crippen LogP contribution is 2.28. The van der Waals surface area contributed by atoms with E-state index in [4.69, 9.17) is 16.0 Å². The van der Waals surface area contributed by atoms with Crippen LogP contribution in [0, 0.1) is 12.8 Å². The number of rotatable bonds is 4. The SMILES string of the molecule is Cc1nc2cc(N3C[C@H](C(=O)NCc4cccc(Cl)c4)CC3=O)ccc2o1. The lowest BCUT2D eigenvalue weighted by Gasteiger charge is -2.16. The third kappa shape index (κ3) is 3.66. The molecule has 27 heavy (non-hydrogen) atoms. The smallest absolute Gasteiger partial charge is 0.227 e. The molecule has 0 radical (unpaired) electrons. The summed E-state index contributed by atoms with van der Waals surface area (Å²) in [5.74, 6) is -0.0127. The summed E-state index contributed by atoms with van der Waals surface area (Å²) in [6.45, 7) is 2.51. The Morgan fingerprint density at radius 1 is 1.33 bits per heavy atom. The summed E-state index contributed by atoms with van der Waals surface area (Å²) in [4.78, 5) is 30.9. The topological polar surface area (TPSA) is 75.4 Å². The van der Waals surface area contributed by atoms with Crippen LogP contribution in [0.25, 0.3) is 11.1 Å². The van der Waals surface area contributed by atoms with Gasteiger partial charge in [0.25, 0.3) is 0 Å². The molecule has 1 aliphatic heterocycles. The highest BCUT2D eigenvalue weighted by Gasteiger charge is 2.35. The number of hydrogen-bond donors (Lipinski definition) is 1. The molecule has 1 aliphatic rings. The quantitative estimate of drug-likeness (QED) is 0.748. The van der Waals surface area contributed by atoms with Gasteiger partial charge in [0, 0.05) is 37.1 Å². The fourth-order valence-corrected chi connectivity index (χ4v) is 3.52. The second kappa shape index (κ2) is 7.04. The van der Waals surface area contributed by atoms with Crippen molar-refractivity contribution in [2.45, 2.75) is 19.9 Å². The number of aryl methyl sites for hydroxylation is 1. The van der Waals surface area contributed by atoms with E-state index in [0.717, 1.165) is 11.3 Å². The molecular weight excluding hydrogens is 366 g/mol. The van der Waals surface area contributed by atoms with Crippen LogP contribution in [-0.2, 0) is 16.1 Å². The third-order valence-electron chi connectivity index (χ3n) is 4.64. The molecular formula is C20H18ClN3O3. The van der Waals surface area contributed by atoms with E-state index in [1.165, 1.54) is 0 Å². The van der Waals surface area contributed by atoms with Gasteiger partial charge >= 0.3 is 0 Å². The van der Waals surface area contributed by atoms with Gasteiger partial charge in [-0.2, -0.15) is 0 Å². The van der Waals surface area contributed by atoms with Gasteiger partial charge in [0.05, 0.1) is 5.92 Å². The monoisotopic (exact) mass is 383 g/mol. The highest BCUT2D eigenvalue weighted by atomic mass is 35.5. The molecule has 0 saturated carbocycles. The second-order valence-corrected chi connectivity index (χ2v) is 7.07. The summed E-state index contributed by atoms with van der Waals surface area (Å²) in [5, 5.41) is 3.52. The van der Waals surface area contributed by atoms with Gasteiger partial charge in [-0.3, -0.25) is 9.59 Å². The largest absolute Gasteiger partial charge is 0.441 e. The fraction of sp³-hybridized carbons (Fsp3) is 0.250. The van der Waals surface area contributed by atoms with Crippen LogP contribution in [-0.4, -0.2) is 23.3 Å². The van der Waals surface area contributed by atoms with E-state index in [1.807, 2.05) is 30.3 Å². The summed E-state index contributed by atoms with van der Waals surface area (Å²) in [5.41, 5.74) is 3.03. The average molecular weight is 384 g/mol. The van der Waals surface area contributed by atoms with Crippen molar-refractivity contribution in [3.8, 4) is 0 Å². The zero-order chi connectivity index (χ0) is 19.0. The van der Waals surface area contributed by atoms with Crippen LogP contribution in [0.4, 0.5) is 5.69 Å². The van der Waals surface area contributed by atoms with Crippen LogP contribution in [0.3, 0.4) is 0 Å². The van der Waals surface area contributed by atoms with Crippen molar-refractivity contribution in [2.24, 2.45) is 5.92 Å². The van der Waals surface area contributed by atoms with Crippen molar-refractivity contribution in [1.82, 2.24) is 10.3 Å². The fourth-order valence-electron chi connectivity index (χ4n) is 3.31. The van der Waals surface area contributed by atoms with Crippen molar-refractivity contribution >= 4 is 40.2 Å². The lowest BCUT2D eigenvalue weighted by atomic mass is 10.1. The van der Waals surface area contributed by atoms with E-state index in [2.05, 4.69) is 10.3 Å². The maximum Gasteiger partial charge on any atom is 0.227 e. The van der Waals surface area contributed by atoms with Gasteiger partial charge in [0.2, 0.25) is 11.8 Å². The summed E-state index contributed by atoms with van der Waals surface area (Å²) in [6, 6.07) is 12.8. The molecule has 0 spiro atoms. The number of carbonyl (C=O) groups is 2. The van der Waals surface area contributed by atoms with Gasteiger partial charge < -0.3 is 14.6 Å². The van der Waals surface area contributed by atoms with Gasteiger partial charge in [-0.25, -0.2) is 4.98 Å². The van der Waals surface area contributed by atoms with Crippen molar-refractivity contribution in [3.63, 3.8) is 0 Å². The molecule has 2 heterocycles. The van der Waals surface area contributed by atoms with E-state index in [0.29, 0.717) is 35.1 Å². The first-order valence-corrected chi connectivity index (χ1v) is 9.07. The van der Waals surface area contributed by atoms with E-state index in [1.54, 1.807) is 24.0 Å². The lowest BCUT2D eigenvalue weighted by Crippen LogP contribution is -2.32. The minimum Gasteiger partial charge on any atom is -0.441 e. The molecule has 138 valence electrons. The number of anilines is 1. The Morgan fingerprint density at radius 2 is 2.19 bits per heavy atom. The molecule has 2 aromatic carbocycles. The summed E-state index contributed by atoms with van der Waals surface area (Å²) < 4.78 is 5.47. The van der Waals surface area contributed by atoms with Gasteiger partial charge in [-0.15, -0.1) is 0 Å². The predicted molar refractivity (Wildman–Crippen MR) is 103 cm³/mol. The molecule has 1 saturated heterocycles. The Balaban J connectivity index is 1.43. The first-order chi connectivity index (χ1) is 13.0. The number of nitrogens with one attached hydrogen (secondary N) is 1. The molecule has 6 nitrogen and oxygen atoms in total. The Labute approximate surface area is 161 Å². The van der Waals surface area contributed by atoms with Crippen molar-refractivity contribution < 1.29 is 14.0 Å². The summed E-state index contributed by atoms with van der Waals surface area (Å²) in [6.07, 6.45) is 0.192. The number of amides is 2. The Kier molecular flexibility index (Phi) is 4.58. The molecule has 7 heteroatoms. The maximum absolute atomic E-state index is 12.5. The van der Waals surface area contributed by atoms with Gasteiger partial charge in [0.1, 0.15) is 5.52 Å². The number of oxazole rings is 1. The average Bonchev–Trinajstić information content (AvgIpc) is 3.20. The second-order valence-electron chi connectivity index (χ2n) is 6.64. The molecule has 2 amide bonds. The zero-order valence-corrected chi connectivity index (χ0v) is 15.5. The minimum absolute atomic E-state index is 0.0718. The van der Waals surface area contributed by atoms with Crippen LogP contribution in [0.5, 0.6) is 0 Å². The molecule has 3 aromatic rings. The molecule has 4 rings (SSSR count).